The van der Waals surface area contributed by atoms with E-state index in [9.17, 15) is 40.7 Å². The number of carbonyl (C=O) groups excluding carboxylic acids is 2. The Labute approximate surface area is 269 Å². The molecule has 0 saturated carbocycles. The number of amides is 2. The Bertz CT molecular complexity index is 1820. The van der Waals surface area contributed by atoms with Crippen LogP contribution in [0.3, 0.4) is 0 Å². The largest absolute Gasteiger partial charge is 0.478 e. The number of thioether (sulfide) groups is 1. The van der Waals surface area contributed by atoms with E-state index in [1.165, 1.54) is 54.3 Å². The molecule has 3 N–H and O–H groups in total. The van der Waals surface area contributed by atoms with E-state index in [-0.39, 0.29) is 44.1 Å². The summed E-state index contributed by atoms with van der Waals surface area (Å²) in [5.74, 6) is -2.44. The Balaban J connectivity index is 1.42. The maximum absolute atomic E-state index is 13.6. The average molecular weight is 697 g/mol. The van der Waals surface area contributed by atoms with Crippen molar-refractivity contribution in [1.29, 1.82) is 0 Å². The molecule has 5 rings (SSSR count). The number of carbonyl (C=O) groups is 3. The summed E-state index contributed by atoms with van der Waals surface area (Å²) in [5, 5.41) is 13.1. The molecular formula is C29H18F6N4O4S3. The number of hydrogen-bond donors (Lipinski definition) is 3. The molecule has 2 aromatic heterocycles. The zero-order chi connectivity index (χ0) is 33.4. The number of hydrogen-bond acceptors (Lipinski definition) is 7. The summed E-state index contributed by atoms with van der Waals surface area (Å²) in [7, 11) is 0. The van der Waals surface area contributed by atoms with Gasteiger partial charge in [0.15, 0.2) is 0 Å². The smallest absolute Gasteiger partial charge is 0.416 e. The lowest BCUT2D eigenvalue weighted by Gasteiger charge is -2.25. The van der Waals surface area contributed by atoms with E-state index in [0.29, 0.717) is 22.7 Å². The molecule has 17 heteroatoms. The van der Waals surface area contributed by atoms with Crippen LogP contribution >= 0.6 is 35.3 Å². The van der Waals surface area contributed by atoms with E-state index in [1.807, 2.05) is 0 Å². The van der Waals surface area contributed by atoms with Gasteiger partial charge in [0.1, 0.15) is 10.4 Å². The first-order valence-corrected chi connectivity index (χ1v) is 15.0. The molecule has 0 aliphatic carbocycles. The van der Waals surface area contributed by atoms with Gasteiger partial charge in [-0.2, -0.15) is 26.3 Å². The second kappa shape index (κ2) is 12.7. The number of halogens is 6. The van der Waals surface area contributed by atoms with Gasteiger partial charge in [-0.1, -0.05) is 24.0 Å². The molecule has 3 heterocycles. The highest BCUT2D eigenvalue weighted by Gasteiger charge is 2.41. The third-order valence-electron chi connectivity index (χ3n) is 6.62. The molecule has 1 aliphatic rings. The Morgan fingerprint density at radius 2 is 1.67 bits per heavy atom. The van der Waals surface area contributed by atoms with Gasteiger partial charge in [0, 0.05) is 28.9 Å². The maximum Gasteiger partial charge on any atom is 0.416 e. The summed E-state index contributed by atoms with van der Waals surface area (Å²) < 4.78 is 80.2. The third-order valence-corrected chi connectivity index (χ3v) is 8.83. The number of aromatic nitrogens is 2. The molecule has 1 atom stereocenters. The average Bonchev–Trinajstić information content (AvgIpc) is 3.73. The molecule has 0 spiro atoms. The quantitative estimate of drug-likeness (QED) is 0.100. The highest BCUT2D eigenvalue weighted by Crippen LogP contribution is 2.41. The molecule has 1 aliphatic heterocycles. The number of benzene rings is 2. The number of thiophene rings is 1. The molecule has 0 unspecified atom stereocenters. The molecular weight excluding hydrogens is 679 g/mol. The number of aromatic amines is 1. The van der Waals surface area contributed by atoms with E-state index >= 15 is 0 Å². The molecule has 8 nitrogen and oxygen atoms in total. The summed E-state index contributed by atoms with van der Waals surface area (Å²) in [5.41, 5.74) is -2.37. The van der Waals surface area contributed by atoms with Crippen LogP contribution in [-0.2, 0) is 28.4 Å². The lowest BCUT2D eigenvalue weighted by molar-refractivity contribution is -0.143. The van der Waals surface area contributed by atoms with Crippen molar-refractivity contribution in [2.45, 2.75) is 24.8 Å². The van der Waals surface area contributed by atoms with Gasteiger partial charge in [0.25, 0.3) is 5.91 Å². The van der Waals surface area contributed by atoms with Gasteiger partial charge in [0.05, 0.1) is 27.9 Å². The van der Waals surface area contributed by atoms with Crippen LogP contribution in [0.4, 0.5) is 32.0 Å². The van der Waals surface area contributed by atoms with Crippen molar-refractivity contribution in [3.63, 3.8) is 0 Å². The van der Waals surface area contributed by atoms with Gasteiger partial charge >= 0.3 is 18.3 Å². The minimum Gasteiger partial charge on any atom is -0.478 e. The van der Waals surface area contributed by atoms with E-state index < -0.39 is 47.3 Å². The number of nitrogens with zero attached hydrogens (tertiary/aromatic N) is 2. The fraction of sp³-hybridized carbons (Fsp3) is 0.138. The fourth-order valence-corrected chi connectivity index (χ4v) is 6.68. The van der Waals surface area contributed by atoms with Crippen LogP contribution in [0.25, 0.3) is 17.2 Å². The second-order valence-electron chi connectivity index (χ2n) is 9.75. The number of imidazole rings is 1. The number of alkyl halides is 6. The maximum atomic E-state index is 13.6. The van der Waals surface area contributed by atoms with Crippen molar-refractivity contribution in [3.8, 4) is 11.1 Å². The molecule has 46 heavy (non-hydrogen) atoms. The number of aromatic carboxylic acids is 1. The van der Waals surface area contributed by atoms with Crippen LogP contribution in [0.1, 0.15) is 32.1 Å². The van der Waals surface area contributed by atoms with Crippen LogP contribution in [0, 0.1) is 0 Å². The summed E-state index contributed by atoms with van der Waals surface area (Å²) in [6.45, 7) is 0. The van der Waals surface area contributed by atoms with Crippen LogP contribution in [0.2, 0.25) is 0 Å². The van der Waals surface area contributed by atoms with Crippen molar-refractivity contribution in [1.82, 2.24) is 14.9 Å². The molecule has 2 amide bonds. The fourth-order valence-electron chi connectivity index (χ4n) is 4.41. The topological polar surface area (TPSA) is 115 Å². The molecule has 238 valence electrons. The third kappa shape index (κ3) is 7.32. The van der Waals surface area contributed by atoms with Crippen molar-refractivity contribution in [3.05, 3.63) is 98.6 Å². The first-order valence-electron chi connectivity index (χ1n) is 12.9. The van der Waals surface area contributed by atoms with Crippen LogP contribution in [0.5, 0.6) is 0 Å². The molecule has 1 fully saturated rings. The van der Waals surface area contributed by atoms with Gasteiger partial charge in [-0.05, 0) is 71.1 Å². The minimum absolute atomic E-state index is 0.000305. The molecule has 1 saturated heterocycles. The van der Waals surface area contributed by atoms with Crippen molar-refractivity contribution >= 4 is 69.2 Å². The highest BCUT2D eigenvalue weighted by molar-refractivity contribution is 8.26. The van der Waals surface area contributed by atoms with Gasteiger partial charge in [0.2, 0.25) is 5.91 Å². The Morgan fingerprint density at radius 1 is 1.02 bits per heavy atom. The number of carboxylic acids is 1. The highest BCUT2D eigenvalue weighted by atomic mass is 32.2. The Kier molecular flexibility index (Phi) is 9.10. The van der Waals surface area contributed by atoms with Gasteiger partial charge < -0.3 is 15.4 Å². The van der Waals surface area contributed by atoms with Crippen LogP contribution in [-0.4, -0.2) is 48.1 Å². The zero-order valence-electron chi connectivity index (χ0n) is 22.8. The zero-order valence-corrected chi connectivity index (χ0v) is 25.2. The standard InChI is InChI=1S/C29H18F6N4O4S3/c30-28(31,32)17-5-15(6-18(8-17)29(33,34)35)16-7-21(45-12-16)10-23-25(41)39(27(44)46-23)22(9-20-11-36-13-37-20)24(40)38-19-3-1-14(2-4-19)26(42)43/h1-8,10-13,22H,9H2,(H,36,37)(H,38,40)(H,42,43)/b23-10-/t22-/m1/s1. The Hall–Kier alpha value is -4.48. The second-order valence-corrected chi connectivity index (χ2v) is 12.4. The molecule has 0 radical (unpaired) electrons. The van der Waals surface area contributed by atoms with Crippen molar-refractivity contribution in [2.75, 3.05) is 5.32 Å². The van der Waals surface area contributed by atoms with Crippen LogP contribution in [0.15, 0.2) is 71.3 Å². The monoisotopic (exact) mass is 696 g/mol. The summed E-state index contributed by atoms with van der Waals surface area (Å²) in [4.78, 5) is 46.5. The van der Waals surface area contributed by atoms with Gasteiger partial charge in [-0.25, -0.2) is 9.78 Å². The number of H-pyrrole nitrogens is 1. The van der Waals surface area contributed by atoms with E-state index in [1.54, 1.807) is 0 Å². The number of carboxylic acid groups (broad SMARTS) is 1. The number of thiocarbonyl (C=S) groups is 1. The SMILES string of the molecule is O=C(O)c1ccc(NC(=O)[C@@H](Cc2cnc[nH]2)N2C(=O)/C(=C/c3cc(-c4cc(C(F)(F)F)cc(C(F)(F)F)c4)cs3)SC2=S)cc1. The van der Waals surface area contributed by atoms with Crippen molar-refractivity contribution < 1.29 is 45.8 Å². The predicted octanol–water partition coefficient (Wildman–Crippen LogP) is 7.33. The van der Waals surface area contributed by atoms with Crippen molar-refractivity contribution in [2.24, 2.45) is 0 Å². The van der Waals surface area contributed by atoms with E-state index in [4.69, 9.17) is 17.3 Å². The lowest BCUT2D eigenvalue weighted by Crippen LogP contribution is -2.47. The number of rotatable bonds is 8. The number of anilines is 1. The first-order chi connectivity index (χ1) is 21.6. The normalized spacial score (nSPS) is 15.4. The number of nitrogens with one attached hydrogen (secondary N) is 2. The van der Waals surface area contributed by atoms with Crippen LogP contribution < -0.4 is 5.32 Å². The van der Waals surface area contributed by atoms with Gasteiger partial charge in [-0.15, -0.1) is 11.3 Å². The summed E-state index contributed by atoms with van der Waals surface area (Å²) >= 11 is 7.29. The first kappa shape index (κ1) is 32.9. The van der Waals surface area contributed by atoms with E-state index in [2.05, 4.69) is 15.3 Å². The molecule has 0 bridgehead atoms. The Morgan fingerprint density at radius 3 is 2.24 bits per heavy atom. The molecule has 2 aromatic carbocycles. The van der Waals surface area contributed by atoms with Gasteiger partial charge in [-0.3, -0.25) is 14.5 Å². The minimum atomic E-state index is -5.01. The summed E-state index contributed by atoms with van der Waals surface area (Å²) in [6.07, 6.45) is -5.82. The van der Waals surface area contributed by atoms with E-state index in [0.717, 1.165) is 28.0 Å². The lowest BCUT2D eigenvalue weighted by atomic mass is 10.0. The molecule has 4 aromatic rings. The summed E-state index contributed by atoms with van der Waals surface area (Å²) in [6, 6.07) is 6.81. The predicted molar refractivity (Wildman–Crippen MR) is 163 cm³/mol.